The van der Waals surface area contributed by atoms with Gasteiger partial charge in [-0.05, 0) is 89.9 Å². The lowest BCUT2D eigenvalue weighted by Crippen LogP contribution is -2.47. The quantitative estimate of drug-likeness (QED) is 0.734. The second kappa shape index (κ2) is 7.30. The van der Waals surface area contributed by atoms with Crippen molar-refractivity contribution in [2.24, 2.45) is 5.41 Å². The van der Waals surface area contributed by atoms with Crippen LogP contribution in [0.25, 0.3) is 0 Å². The summed E-state index contributed by atoms with van der Waals surface area (Å²) in [6.07, 6.45) is 7.85. The first-order chi connectivity index (χ1) is 11.8. The van der Waals surface area contributed by atoms with E-state index in [4.69, 9.17) is 4.74 Å². The van der Waals surface area contributed by atoms with Gasteiger partial charge in [0.1, 0.15) is 0 Å². The molecular weight excluding hydrogens is 328 g/mol. The first kappa shape index (κ1) is 19.3. The first-order valence-electron chi connectivity index (χ1n) is 9.80. The maximum Gasteiger partial charge on any atom is 0.0634 e. The van der Waals surface area contributed by atoms with Gasteiger partial charge in [0.25, 0.3) is 0 Å². The highest BCUT2D eigenvalue weighted by Crippen LogP contribution is 2.52. The van der Waals surface area contributed by atoms with E-state index in [-0.39, 0.29) is 11.1 Å². The zero-order valence-electron chi connectivity index (χ0n) is 16.8. The maximum atomic E-state index is 5.60. The molecule has 0 N–H and O–H groups in total. The molecule has 2 aliphatic rings. The molecule has 1 spiro atoms. The third-order valence-corrected chi connectivity index (χ3v) is 8.14. The van der Waals surface area contributed by atoms with Crippen molar-refractivity contribution in [1.29, 1.82) is 0 Å². The van der Waals surface area contributed by atoms with Crippen LogP contribution in [0.3, 0.4) is 0 Å². The Hall–Kier alpha value is -0.420. The van der Waals surface area contributed by atoms with Crippen LogP contribution in [0.15, 0.2) is 17.5 Å². The minimum Gasteiger partial charge on any atom is -0.379 e. The maximum absolute atomic E-state index is 5.60. The highest BCUT2D eigenvalue weighted by Gasteiger charge is 2.48. The Labute approximate surface area is 158 Å². The average Bonchev–Trinajstić information content (AvgIpc) is 3.25. The molecule has 1 saturated heterocycles. The fourth-order valence-corrected chi connectivity index (χ4v) is 5.87. The second-order valence-electron chi connectivity index (χ2n) is 9.14. The van der Waals surface area contributed by atoms with Crippen LogP contribution >= 0.6 is 11.3 Å². The van der Waals surface area contributed by atoms with Crippen LogP contribution in [-0.4, -0.2) is 56.2 Å². The van der Waals surface area contributed by atoms with Gasteiger partial charge in [0.05, 0.1) is 11.1 Å². The van der Waals surface area contributed by atoms with Crippen LogP contribution in [0.5, 0.6) is 0 Å². The Balaban J connectivity index is 1.60. The molecule has 25 heavy (non-hydrogen) atoms. The fraction of sp³-hybridized carbons (Fsp3) is 0.810. The minimum atomic E-state index is 0.00155. The smallest absolute Gasteiger partial charge is 0.0634 e. The average molecular weight is 365 g/mol. The van der Waals surface area contributed by atoms with Crippen LogP contribution in [0.1, 0.15) is 57.2 Å². The Morgan fingerprint density at radius 3 is 2.48 bits per heavy atom. The van der Waals surface area contributed by atoms with E-state index < -0.39 is 0 Å². The highest BCUT2D eigenvalue weighted by atomic mass is 32.1. The van der Waals surface area contributed by atoms with Crippen molar-refractivity contribution in [3.05, 3.63) is 22.4 Å². The molecule has 0 radical (unpaired) electrons. The van der Waals surface area contributed by atoms with Crippen molar-refractivity contribution < 1.29 is 4.74 Å². The second-order valence-corrected chi connectivity index (χ2v) is 10.1. The predicted octanol–water partition coefficient (Wildman–Crippen LogP) is 4.59. The van der Waals surface area contributed by atoms with Crippen molar-refractivity contribution in [1.82, 2.24) is 9.80 Å². The van der Waals surface area contributed by atoms with Crippen molar-refractivity contribution in [2.75, 3.05) is 40.8 Å². The summed E-state index contributed by atoms with van der Waals surface area (Å²) in [7, 11) is 6.37. The van der Waals surface area contributed by atoms with Gasteiger partial charge in [-0.25, -0.2) is 0 Å². The monoisotopic (exact) mass is 364 g/mol. The molecule has 1 aliphatic heterocycles. The Bertz CT molecular complexity index is 544. The largest absolute Gasteiger partial charge is 0.379 e. The van der Waals surface area contributed by atoms with E-state index in [0.29, 0.717) is 5.41 Å². The van der Waals surface area contributed by atoms with Gasteiger partial charge in [-0.15, -0.1) is 11.3 Å². The number of likely N-dealkylation sites (tertiary alicyclic amines) is 1. The molecule has 1 aliphatic carbocycles. The van der Waals surface area contributed by atoms with E-state index in [9.17, 15) is 0 Å². The van der Waals surface area contributed by atoms with Gasteiger partial charge in [0.2, 0.25) is 0 Å². The SMILES string of the molecule is COC(C)(C)CCN1CCC2(CCC(c3cccs3)(N(C)C)CC2)C1. The molecule has 2 heterocycles. The highest BCUT2D eigenvalue weighted by molar-refractivity contribution is 7.10. The number of thiophene rings is 1. The molecule has 0 atom stereocenters. The first-order valence-corrected chi connectivity index (χ1v) is 10.7. The summed E-state index contributed by atoms with van der Waals surface area (Å²) < 4.78 is 5.60. The molecule has 3 rings (SSSR count). The van der Waals surface area contributed by atoms with E-state index in [1.54, 1.807) is 4.88 Å². The van der Waals surface area contributed by atoms with Gasteiger partial charge in [0.15, 0.2) is 0 Å². The minimum absolute atomic E-state index is 0.00155. The van der Waals surface area contributed by atoms with Crippen molar-refractivity contribution in [3.63, 3.8) is 0 Å². The molecule has 0 amide bonds. The van der Waals surface area contributed by atoms with E-state index >= 15 is 0 Å². The lowest BCUT2D eigenvalue weighted by molar-refractivity contribution is 0.00619. The summed E-state index contributed by atoms with van der Waals surface area (Å²) in [5.41, 5.74) is 0.834. The number of ether oxygens (including phenoxy) is 1. The van der Waals surface area contributed by atoms with Crippen LogP contribution in [0.4, 0.5) is 0 Å². The van der Waals surface area contributed by atoms with Gasteiger partial charge in [-0.2, -0.15) is 0 Å². The lowest BCUT2D eigenvalue weighted by atomic mass is 9.66. The molecule has 4 heteroatoms. The molecule has 3 nitrogen and oxygen atoms in total. The van der Waals surface area contributed by atoms with Crippen LogP contribution < -0.4 is 0 Å². The number of nitrogens with zero attached hydrogens (tertiary/aromatic N) is 2. The fourth-order valence-electron chi connectivity index (χ4n) is 4.81. The van der Waals surface area contributed by atoms with E-state index in [1.807, 2.05) is 18.4 Å². The molecule has 0 bridgehead atoms. The third-order valence-electron chi connectivity index (χ3n) is 7.07. The molecule has 142 valence electrons. The van der Waals surface area contributed by atoms with Crippen LogP contribution in [0, 0.1) is 5.41 Å². The molecule has 1 aromatic heterocycles. The molecule has 2 fully saturated rings. The van der Waals surface area contributed by atoms with E-state index in [2.05, 4.69) is 55.3 Å². The Morgan fingerprint density at radius 1 is 1.20 bits per heavy atom. The Kier molecular flexibility index (Phi) is 5.65. The topological polar surface area (TPSA) is 15.7 Å². The summed E-state index contributed by atoms with van der Waals surface area (Å²) in [6.45, 7) is 8.14. The third kappa shape index (κ3) is 3.97. The van der Waals surface area contributed by atoms with Gasteiger partial charge < -0.3 is 9.64 Å². The van der Waals surface area contributed by atoms with Crippen molar-refractivity contribution in [3.8, 4) is 0 Å². The van der Waals surface area contributed by atoms with Gasteiger partial charge in [0, 0.05) is 25.1 Å². The van der Waals surface area contributed by atoms with E-state index in [0.717, 1.165) is 6.42 Å². The zero-order chi connectivity index (χ0) is 18.1. The zero-order valence-corrected chi connectivity index (χ0v) is 17.6. The standard InChI is InChI=1S/C21H36N2OS/c1-19(2,24-5)12-14-23-15-13-20(17-23)8-10-21(11-9-20,22(3)4)18-7-6-16-25-18/h6-7,16H,8-15,17H2,1-5H3. The summed E-state index contributed by atoms with van der Waals surface area (Å²) in [5, 5.41) is 2.24. The summed E-state index contributed by atoms with van der Waals surface area (Å²) in [5.74, 6) is 0. The summed E-state index contributed by atoms with van der Waals surface area (Å²) in [6, 6.07) is 4.56. The number of hydrogen-bond acceptors (Lipinski definition) is 4. The number of rotatable bonds is 6. The molecule has 0 unspecified atom stereocenters. The molecule has 1 aromatic rings. The van der Waals surface area contributed by atoms with E-state index in [1.165, 1.54) is 51.7 Å². The molecule has 1 saturated carbocycles. The van der Waals surface area contributed by atoms with Gasteiger partial charge >= 0.3 is 0 Å². The van der Waals surface area contributed by atoms with Gasteiger partial charge in [-0.3, -0.25) is 4.90 Å². The van der Waals surface area contributed by atoms with Crippen LogP contribution in [0.2, 0.25) is 0 Å². The number of methoxy groups -OCH3 is 1. The lowest BCUT2D eigenvalue weighted by Gasteiger charge is -2.48. The van der Waals surface area contributed by atoms with Gasteiger partial charge in [-0.1, -0.05) is 6.07 Å². The van der Waals surface area contributed by atoms with Crippen molar-refractivity contribution >= 4 is 11.3 Å². The molecule has 0 aromatic carbocycles. The molecular formula is C21H36N2OS. The van der Waals surface area contributed by atoms with Crippen LogP contribution in [-0.2, 0) is 10.3 Å². The normalized spacial score (nSPS) is 31.3. The summed E-state index contributed by atoms with van der Waals surface area (Å²) >= 11 is 1.94. The predicted molar refractivity (Wildman–Crippen MR) is 107 cm³/mol. The van der Waals surface area contributed by atoms with Crippen molar-refractivity contribution in [2.45, 2.75) is 63.5 Å². The Morgan fingerprint density at radius 2 is 1.92 bits per heavy atom. The number of hydrogen-bond donors (Lipinski definition) is 0. The summed E-state index contributed by atoms with van der Waals surface area (Å²) in [4.78, 5) is 6.73.